The fraction of sp³-hybridized carbons (Fsp3) is 0.600. The minimum Gasteiger partial charge on any atom is -0.299 e. The molecule has 1 aromatic carbocycles. The van der Waals surface area contributed by atoms with Crippen LogP contribution >= 0.6 is 0 Å². The van der Waals surface area contributed by atoms with E-state index in [1.54, 1.807) is 0 Å². The molecule has 0 aromatic heterocycles. The lowest BCUT2D eigenvalue weighted by Gasteiger charge is -2.56. The Bertz CT molecular complexity index is 590. The first-order valence-electron chi connectivity index (χ1n) is 8.63. The SMILES string of the molecule is Cc1cccc(CC(=O)C23CC4CC(CC(C4)C2)C3)c1.O=C=O. The van der Waals surface area contributed by atoms with Crippen molar-refractivity contribution in [2.45, 2.75) is 51.9 Å². The summed E-state index contributed by atoms with van der Waals surface area (Å²) in [7, 11) is 0. The van der Waals surface area contributed by atoms with Gasteiger partial charge >= 0.3 is 6.15 Å². The molecule has 4 aliphatic carbocycles. The Morgan fingerprint density at radius 2 is 1.61 bits per heavy atom. The van der Waals surface area contributed by atoms with Crippen molar-refractivity contribution in [3.8, 4) is 0 Å². The number of hydrogen-bond donors (Lipinski definition) is 0. The topological polar surface area (TPSA) is 51.2 Å². The molecule has 23 heavy (non-hydrogen) atoms. The van der Waals surface area contributed by atoms with Gasteiger partial charge in [0.25, 0.3) is 0 Å². The predicted octanol–water partition coefficient (Wildman–Crippen LogP) is 3.74. The van der Waals surface area contributed by atoms with E-state index in [9.17, 15) is 4.79 Å². The number of benzene rings is 1. The van der Waals surface area contributed by atoms with E-state index < -0.39 is 0 Å². The van der Waals surface area contributed by atoms with Gasteiger partial charge in [0.05, 0.1) is 0 Å². The number of ketones is 1. The van der Waals surface area contributed by atoms with Gasteiger partial charge in [-0.05, 0) is 68.8 Å². The summed E-state index contributed by atoms with van der Waals surface area (Å²) in [6.07, 6.45) is 8.75. The van der Waals surface area contributed by atoms with Crippen LogP contribution in [0.2, 0.25) is 0 Å². The third-order valence-corrected chi connectivity index (χ3v) is 6.08. The average molecular weight is 312 g/mol. The molecule has 0 saturated heterocycles. The van der Waals surface area contributed by atoms with E-state index in [1.165, 1.54) is 49.7 Å². The zero-order chi connectivity index (χ0) is 16.4. The van der Waals surface area contributed by atoms with Gasteiger partial charge in [-0.15, -0.1) is 0 Å². The maximum atomic E-state index is 13.0. The van der Waals surface area contributed by atoms with Crippen molar-refractivity contribution < 1.29 is 14.4 Å². The number of hydrogen-bond acceptors (Lipinski definition) is 3. The number of Topliss-reactive ketones (excluding diaryl/α,β-unsaturated/α-hetero) is 1. The number of carbonyl (C=O) groups is 1. The highest BCUT2D eigenvalue weighted by Gasteiger charge is 2.53. The van der Waals surface area contributed by atoms with Gasteiger partial charge in [-0.1, -0.05) is 29.8 Å². The largest absolute Gasteiger partial charge is 0.373 e. The Labute approximate surface area is 137 Å². The molecule has 122 valence electrons. The second-order valence-corrected chi connectivity index (χ2v) is 7.87. The van der Waals surface area contributed by atoms with Gasteiger partial charge in [-0.2, -0.15) is 9.59 Å². The van der Waals surface area contributed by atoms with Crippen LogP contribution in [0, 0.1) is 30.1 Å². The molecule has 4 saturated carbocycles. The summed E-state index contributed by atoms with van der Waals surface area (Å²) in [5.74, 6) is 3.13. The maximum absolute atomic E-state index is 13.0. The molecule has 0 aliphatic heterocycles. The Balaban J connectivity index is 0.000000485. The first-order valence-corrected chi connectivity index (χ1v) is 8.63. The smallest absolute Gasteiger partial charge is 0.299 e. The predicted molar refractivity (Wildman–Crippen MR) is 85.5 cm³/mol. The second kappa shape index (κ2) is 6.41. The summed E-state index contributed by atoms with van der Waals surface area (Å²) in [5.41, 5.74) is 2.55. The normalized spacial score (nSPS) is 33.5. The van der Waals surface area contributed by atoms with Crippen LogP contribution in [0.25, 0.3) is 0 Å². The van der Waals surface area contributed by atoms with E-state index in [2.05, 4.69) is 31.2 Å². The molecule has 1 aromatic rings. The zero-order valence-electron chi connectivity index (χ0n) is 13.7. The van der Waals surface area contributed by atoms with Crippen molar-refractivity contribution in [2.24, 2.45) is 23.2 Å². The van der Waals surface area contributed by atoms with Crippen molar-refractivity contribution in [2.75, 3.05) is 0 Å². The van der Waals surface area contributed by atoms with Gasteiger partial charge in [-0.3, -0.25) is 4.79 Å². The van der Waals surface area contributed by atoms with Gasteiger partial charge < -0.3 is 0 Å². The first kappa shape index (κ1) is 16.1. The lowest BCUT2D eigenvalue weighted by molar-refractivity contribution is -0.191. The van der Waals surface area contributed by atoms with E-state index in [1.807, 2.05) is 0 Å². The average Bonchev–Trinajstić information content (AvgIpc) is 2.46. The van der Waals surface area contributed by atoms with Crippen molar-refractivity contribution in [3.63, 3.8) is 0 Å². The molecule has 3 heteroatoms. The van der Waals surface area contributed by atoms with E-state index in [-0.39, 0.29) is 11.6 Å². The molecule has 0 heterocycles. The van der Waals surface area contributed by atoms with E-state index in [0.717, 1.165) is 17.8 Å². The van der Waals surface area contributed by atoms with Crippen LogP contribution in [0.3, 0.4) is 0 Å². The molecule has 0 amide bonds. The molecule has 3 nitrogen and oxygen atoms in total. The standard InChI is InChI=1S/C19H24O.CO2/c1-13-3-2-4-14(5-13)9-18(20)19-10-15-6-16(11-19)8-17(7-15)12-19;2-1-3/h2-5,15-17H,6-12H2,1H3;. The monoisotopic (exact) mass is 312 g/mol. The van der Waals surface area contributed by atoms with Crippen molar-refractivity contribution in [1.29, 1.82) is 0 Å². The van der Waals surface area contributed by atoms with E-state index in [0.29, 0.717) is 12.2 Å². The van der Waals surface area contributed by atoms with Crippen LogP contribution < -0.4 is 0 Å². The molecule has 0 spiro atoms. The van der Waals surface area contributed by atoms with Crippen LogP contribution in [-0.4, -0.2) is 11.9 Å². The molecule has 0 unspecified atom stereocenters. The summed E-state index contributed by atoms with van der Waals surface area (Å²) >= 11 is 0. The molecule has 4 fully saturated rings. The Hall–Kier alpha value is -1.73. The van der Waals surface area contributed by atoms with Crippen molar-refractivity contribution >= 4 is 11.9 Å². The minimum atomic E-state index is 0.0680. The maximum Gasteiger partial charge on any atom is 0.373 e. The summed E-state index contributed by atoms with van der Waals surface area (Å²) in [5, 5.41) is 0. The number of carbonyl (C=O) groups excluding carboxylic acids is 3. The first-order chi connectivity index (χ1) is 11.0. The lowest BCUT2D eigenvalue weighted by atomic mass is 9.48. The molecular formula is C20H24O3. The minimum absolute atomic E-state index is 0.0680. The van der Waals surface area contributed by atoms with E-state index in [4.69, 9.17) is 9.59 Å². The Kier molecular flexibility index (Phi) is 4.50. The molecule has 0 radical (unpaired) electrons. The number of aryl methyl sites for hydroxylation is 1. The van der Waals surface area contributed by atoms with Crippen LogP contribution in [-0.2, 0) is 20.8 Å². The Morgan fingerprint density at radius 1 is 1.09 bits per heavy atom. The van der Waals surface area contributed by atoms with Crippen LogP contribution in [0.15, 0.2) is 24.3 Å². The molecule has 0 N–H and O–H groups in total. The second-order valence-electron chi connectivity index (χ2n) is 7.87. The summed E-state index contributed by atoms with van der Waals surface area (Å²) in [4.78, 5) is 29.2. The van der Waals surface area contributed by atoms with Crippen LogP contribution in [0.1, 0.15) is 49.7 Å². The van der Waals surface area contributed by atoms with Gasteiger partial charge in [0.2, 0.25) is 0 Å². The fourth-order valence-corrected chi connectivity index (χ4v) is 5.65. The third-order valence-electron chi connectivity index (χ3n) is 6.08. The van der Waals surface area contributed by atoms with E-state index >= 15 is 0 Å². The molecule has 4 aliphatic rings. The summed E-state index contributed by atoms with van der Waals surface area (Å²) in [6.45, 7) is 2.11. The quantitative estimate of drug-likeness (QED) is 0.854. The number of rotatable bonds is 3. The van der Waals surface area contributed by atoms with Crippen LogP contribution in [0.4, 0.5) is 0 Å². The highest BCUT2D eigenvalue weighted by Crippen LogP contribution is 2.60. The van der Waals surface area contributed by atoms with Crippen LogP contribution in [0.5, 0.6) is 0 Å². The summed E-state index contributed by atoms with van der Waals surface area (Å²) in [6, 6.07) is 8.49. The lowest BCUT2D eigenvalue weighted by Crippen LogP contribution is -2.50. The highest BCUT2D eigenvalue weighted by molar-refractivity contribution is 5.87. The Morgan fingerprint density at radius 3 is 2.09 bits per heavy atom. The molecular weight excluding hydrogens is 288 g/mol. The molecule has 0 atom stereocenters. The zero-order valence-corrected chi connectivity index (χ0v) is 13.7. The van der Waals surface area contributed by atoms with Crippen molar-refractivity contribution in [1.82, 2.24) is 0 Å². The van der Waals surface area contributed by atoms with Gasteiger partial charge in [0.15, 0.2) is 0 Å². The summed E-state index contributed by atoms with van der Waals surface area (Å²) < 4.78 is 0. The molecule has 4 bridgehead atoms. The molecule has 5 rings (SSSR count). The fourth-order valence-electron chi connectivity index (χ4n) is 5.65. The van der Waals surface area contributed by atoms with Gasteiger partial charge in [-0.25, -0.2) is 0 Å². The highest BCUT2D eigenvalue weighted by atomic mass is 16.2. The third kappa shape index (κ3) is 3.30. The van der Waals surface area contributed by atoms with Crippen molar-refractivity contribution in [3.05, 3.63) is 35.4 Å². The van der Waals surface area contributed by atoms with Gasteiger partial charge in [0.1, 0.15) is 5.78 Å². The van der Waals surface area contributed by atoms with Gasteiger partial charge in [0, 0.05) is 11.8 Å².